The molecule has 0 fully saturated rings. The largest absolute Gasteiger partial charge is 0.459 e. The number of furan rings is 1. The van der Waals surface area contributed by atoms with E-state index >= 15 is 0 Å². The molecule has 0 unspecified atom stereocenters. The van der Waals surface area contributed by atoms with Crippen LogP contribution in [0, 0.1) is 0 Å². The van der Waals surface area contributed by atoms with E-state index in [-0.39, 0.29) is 17.6 Å². The summed E-state index contributed by atoms with van der Waals surface area (Å²) in [5.41, 5.74) is 8.00. The van der Waals surface area contributed by atoms with Crippen molar-refractivity contribution in [1.82, 2.24) is 20.2 Å². The van der Waals surface area contributed by atoms with Crippen molar-refractivity contribution in [2.75, 3.05) is 18.9 Å². The Balaban J connectivity index is 1.24. The van der Waals surface area contributed by atoms with Gasteiger partial charge in [0.2, 0.25) is 5.91 Å². The molecule has 2 amide bonds. The summed E-state index contributed by atoms with van der Waals surface area (Å²) in [5, 5.41) is 6.08. The molecular weight excluding hydrogens is 454 g/mol. The molecule has 3 heterocycles. The molecule has 1 atom stereocenters. The third-order valence-electron chi connectivity index (χ3n) is 7.01. The van der Waals surface area contributed by atoms with Gasteiger partial charge < -0.3 is 20.0 Å². The number of carbonyl (C=O) groups is 2. The fraction of sp³-hybridized carbons (Fsp3) is 0.214. The summed E-state index contributed by atoms with van der Waals surface area (Å²) >= 11 is 0. The van der Waals surface area contributed by atoms with E-state index in [9.17, 15) is 9.59 Å². The van der Waals surface area contributed by atoms with Gasteiger partial charge in [-0.3, -0.25) is 19.6 Å². The van der Waals surface area contributed by atoms with Gasteiger partial charge in [0.1, 0.15) is 6.04 Å². The molecule has 2 aromatic carbocycles. The van der Waals surface area contributed by atoms with Gasteiger partial charge in [0.25, 0.3) is 5.91 Å². The maximum absolute atomic E-state index is 13.7. The van der Waals surface area contributed by atoms with Crippen LogP contribution in [0.4, 0.5) is 5.69 Å². The predicted molar refractivity (Wildman–Crippen MR) is 136 cm³/mol. The number of amides is 2. The number of rotatable bonds is 5. The zero-order valence-corrected chi connectivity index (χ0v) is 19.8. The van der Waals surface area contributed by atoms with Crippen molar-refractivity contribution in [2.24, 2.45) is 0 Å². The first-order chi connectivity index (χ1) is 17.6. The van der Waals surface area contributed by atoms with Crippen LogP contribution in [0.3, 0.4) is 0 Å². The highest BCUT2D eigenvalue weighted by Gasteiger charge is 2.39. The van der Waals surface area contributed by atoms with Gasteiger partial charge in [0.05, 0.1) is 17.3 Å². The van der Waals surface area contributed by atoms with Crippen LogP contribution >= 0.6 is 0 Å². The smallest absolute Gasteiger partial charge is 0.290 e. The molecule has 1 aliphatic heterocycles. The Bertz CT molecular complexity index is 1520. The van der Waals surface area contributed by atoms with Crippen molar-refractivity contribution < 1.29 is 14.0 Å². The molecule has 1 aliphatic carbocycles. The molecule has 180 valence electrons. The van der Waals surface area contributed by atoms with E-state index in [0.717, 1.165) is 28.7 Å². The van der Waals surface area contributed by atoms with Crippen LogP contribution in [0.25, 0.3) is 16.6 Å². The third kappa shape index (κ3) is 3.80. The van der Waals surface area contributed by atoms with E-state index in [1.807, 2.05) is 30.3 Å². The van der Waals surface area contributed by atoms with Crippen LogP contribution in [-0.2, 0) is 17.8 Å². The second kappa shape index (κ2) is 8.96. The molecule has 8 nitrogen and oxygen atoms in total. The third-order valence-corrected chi connectivity index (χ3v) is 7.01. The molecule has 2 aliphatic rings. The monoisotopic (exact) mass is 479 g/mol. The van der Waals surface area contributed by atoms with E-state index in [0.29, 0.717) is 19.5 Å². The van der Waals surface area contributed by atoms with Crippen molar-refractivity contribution in [1.29, 1.82) is 0 Å². The first kappa shape index (κ1) is 22.0. The average molecular weight is 480 g/mol. The van der Waals surface area contributed by atoms with Crippen molar-refractivity contribution in [3.05, 3.63) is 95.2 Å². The van der Waals surface area contributed by atoms with Crippen molar-refractivity contribution in [3.63, 3.8) is 0 Å². The molecule has 8 heteroatoms. The molecule has 0 bridgehead atoms. The van der Waals surface area contributed by atoms with Crippen LogP contribution in [0.5, 0.6) is 0 Å². The Kier molecular flexibility index (Phi) is 5.48. The number of benzene rings is 2. The summed E-state index contributed by atoms with van der Waals surface area (Å²) in [4.78, 5) is 36.9. The Labute approximate surface area is 208 Å². The van der Waals surface area contributed by atoms with Crippen LogP contribution < -0.4 is 10.6 Å². The number of nitrogens with one attached hydrogen (secondary N) is 2. The molecule has 4 aromatic rings. The lowest BCUT2D eigenvalue weighted by Gasteiger charge is -2.35. The second-order valence-corrected chi connectivity index (χ2v) is 9.07. The number of nitrogens with zero attached hydrogens (tertiary/aromatic N) is 3. The zero-order valence-electron chi connectivity index (χ0n) is 19.8. The van der Waals surface area contributed by atoms with Gasteiger partial charge in [-0.05, 0) is 53.0 Å². The summed E-state index contributed by atoms with van der Waals surface area (Å²) < 4.78 is 5.67. The number of fused-ring (bicyclic) bond motifs is 3. The van der Waals surface area contributed by atoms with Gasteiger partial charge in [0.15, 0.2) is 5.76 Å². The number of carbonyl (C=O) groups excluding carboxylic acids is 2. The Morgan fingerprint density at radius 3 is 2.78 bits per heavy atom. The summed E-state index contributed by atoms with van der Waals surface area (Å²) in [6.45, 7) is 0.791. The van der Waals surface area contributed by atoms with Crippen LogP contribution in [0.15, 0.2) is 77.2 Å². The van der Waals surface area contributed by atoms with E-state index < -0.39 is 6.04 Å². The van der Waals surface area contributed by atoms with Gasteiger partial charge >= 0.3 is 0 Å². The lowest BCUT2D eigenvalue weighted by Crippen LogP contribution is -2.51. The number of likely N-dealkylation sites (N-methyl/N-ethyl adjacent to an activating group) is 1. The molecule has 2 N–H and O–H groups in total. The quantitative estimate of drug-likeness (QED) is 0.452. The minimum Gasteiger partial charge on any atom is -0.459 e. The summed E-state index contributed by atoms with van der Waals surface area (Å²) in [5.74, 6) is -0.211. The maximum atomic E-state index is 13.7. The average Bonchev–Trinajstić information content (AvgIpc) is 3.54. The Hall–Kier alpha value is -4.46. The fourth-order valence-corrected chi connectivity index (χ4v) is 5.20. The van der Waals surface area contributed by atoms with E-state index in [1.165, 1.54) is 28.5 Å². The number of hydrogen-bond acceptors (Lipinski definition) is 6. The fourth-order valence-electron chi connectivity index (χ4n) is 5.20. The van der Waals surface area contributed by atoms with Crippen LogP contribution in [0.2, 0.25) is 0 Å². The van der Waals surface area contributed by atoms with Gasteiger partial charge in [-0.2, -0.15) is 0 Å². The summed E-state index contributed by atoms with van der Waals surface area (Å²) in [6.07, 6.45) is 6.13. The molecule has 0 saturated heterocycles. The lowest BCUT2D eigenvalue weighted by molar-refractivity contribution is -0.125. The minimum absolute atomic E-state index is 0.178. The minimum atomic E-state index is -0.600. The molecule has 36 heavy (non-hydrogen) atoms. The summed E-state index contributed by atoms with van der Waals surface area (Å²) in [7, 11) is 1.60. The van der Waals surface area contributed by atoms with E-state index in [1.54, 1.807) is 30.4 Å². The van der Waals surface area contributed by atoms with Crippen molar-refractivity contribution in [3.8, 4) is 0 Å². The summed E-state index contributed by atoms with van der Waals surface area (Å²) in [6, 6.07) is 15.2. The number of aromatic nitrogens is 2. The zero-order chi connectivity index (χ0) is 24.6. The second-order valence-electron chi connectivity index (χ2n) is 9.07. The first-order valence-electron chi connectivity index (χ1n) is 11.9. The van der Waals surface area contributed by atoms with E-state index in [4.69, 9.17) is 4.42 Å². The highest BCUT2D eigenvalue weighted by Crippen LogP contribution is 2.40. The van der Waals surface area contributed by atoms with Crippen LogP contribution in [0.1, 0.15) is 33.7 Å². The number of anilines is 1. The lowest BCUT2D eigenvalue weighted by atomic mass is 9.92. The number of hydrogen-bond donors (Lipinski definition) is 2. The van der Waals surface area contributed by atoms with Gasteiger partial charge in [0, 0.05) is 50.2 Å². The SMILES string of the molecule is CNC(=O)[C@H]1CC2=C(Cc3ccccc32)CN1C(=O)c1occc1CNc1ccc2nccnc2c1. The standard InChI is InChI=1S/C28H25N5O3/c1-29-27(34)25-14-22-19(12-17-4-2-3-5-21(17)22)16-33(25)28(35)26-18(8-11-36-26)15-32-20-6-7-23-24(13-20)31-10-9-30-23/h2-11,13,25,32H,12,14-16H2,1H3,(H,29,34)/t25-/m1/s1. The Morgan fingerprint density at radius 1 is 1.08 bits per heavy atom. The van der Waals surface area contributed by atoms with Gasteiger partial charge in [-0.1, -0.05) is 24.3 Å². The highest BCUT2D eigenvalue weighted by molar-refractivity contribution is 5.99. The van der Waals surface area contributed by atoms with Crippen molar-refractivity contribution in [2.45, 2.75) is 25.4 Å². The van der Waals surface area contributed by atoms with Crippen molar-refractivity contribution >= 4 is 34.1 Å². The van der Waals surface area contributed by atoms with Gasteiger partial charge in [-0.25, -0.2) is 0 Å². The first-order valence-corrected chi connectivity index (χ1v) is 11.9. The molecule has 0 saturated carbocycles. The topological polar surface area (TPSA) is 100 Å². The molecule has 2 aromatic heterocycles. The van der Waals surface area contributed by atoms with Crippen LogP contribution in [-0.4, -0.2) is 46.3 Å². The predicted octanol–water partition coefficient (Wildman–Crippen LogP) is 3.81. The maximum Gasteiger partial charge on any atom is 0.290 e. The van der Waals surface area contributed by atoms with E-state index in [2.05, 4.69) is 32.7 Å². The molecular formula is C28H25N5O3. The Morgan fingerprint density at radius 2 is 1.92 bits per heavy atom. The molecule has 0 spiro atoms. The van der Waals surface area contributed by atoms with Gasteiger partial charge in [-0.15, -0.1) is 0 Å². The normalized spacial score (nSPS) is 16.6. The highest BCUT2D eigenvalue weighted by atomic mass is 16.3. The molecule has 6 rings (SSSR count). The molecule has 0 radical (unpaired) electrons.